The molecule has 0 heterocycles. The number of nitrogens with zero attached hydrogens (tertiary/aromatic N) is 1. The zero-order chi connectivity index (χ0) is 15.5. The second-order valence-electron chi connectivity index (χ2n) is 4.22. The quantitative estimate of drug-likeness (QED) is 0.934. The molecule has 2 rings (SSSR count). The van der Waals surface area contributed by atoms with Gasteiger partial charge in [0.2, 0.25) is 0 Å². The highest BCUT2D eigenvalue weighted by Gasteiger charge is 2.30. The van der Waals surface area contributed by atoms with E-state index in [-0.39, 0.29) is 23.7 Å². The van der Waals surface area contributed by atoms with E-state index in [9.17, 15) is 13.2 Å². The van der Waals surface area contributed by atoms with Crippen molar-refractivity contribution < 1.29 is 23.0 Å². The number of alkyl halides is 3. The first kappa shape index (κ1) is 14.9. The molecule has 0 spiro atoms. The zero-order valence-electron chi connectivity index (χ0n) is 10.7. The Morgan fingerprint density at radius 1 is 1.10 bits per heavy atom. The summed E-state index contributed by atoms with van der Waals surface area (Å²) in [6, 6.07) is 10.6. The van der Waals surface area contributed by atoms with Crippen molar-refractivity contribution >= 4 is 0 Å². The van der Waals surface area contributed by atoms with Crippen LogP contribution in [0.25, 0.3) is 0 Å². The van der Waals surface area contributed by atoms with Gasteiger partial charge >= 0.3 is 6.18 Å². The van der Waals surface area contributed by atoms with Crippen LogP contribution in [-0.2, 0) is 12.8 Å². The Balaban J connectivity index is 2.25. The number of nitriles is 1. The van der Waals surface area contributed by atoms with Gasteiger partial charge < -0.3 is 9.84 Å². The molecule has 6 heteroatoms. The molecule has 0 saturated carbocycles. The van der Waals surface area contributed by atoms with Crippen LogP contribution in [0.15, 0.2) is 42.5 Å². The molecule has 2 aromatic carbocycles. The average Bonchev–Trinajstić information content (AvgIpc) is 2.47. The summed E-state index contributed by atoms with van der Waals surface area (Å²) in [5, 5.41) is 18.0. The summed E-state index contributed by atoms with van der Waals surface area (Å²) in [5.41, 5.74) is -0.0289. The SMILES string of the molecule is N#Cc1cc(CO)ccc1Oc1ccc(C(F)(F)F)cc1. The fraction of sp³-hybridized carbons (Fsp3) is 0.133. The van der Waals surface area contributed by atoms with E-state index < -0.39 is 11.7 Å². The van der Waals surface area contributed by atoms with E-state index >= 15 is 0 Å². The average molecular weight is 293 g/mol. The van der Waals surface area contributed by atoms with Crippen molar-refractivity contribution in [2.45, 2.75) is 12.8 Å². The summed E-state index contributed by atoms with van der Waals surface area (Å²) < 4.78 is 42.7. The maximum atomic E-state index is 12.4. The number of aliphatic hydroxyl groups is 1. The molecular weight excluding hydrogens is 283 g/mol. The molecule has 0 aliphatic heterocycles. The van der Waals surface area contributed by atoms with E-state index in [1.165, 1.54) is 24.3 Å². The zero-order valence-corrected chi connectivity index (χ0v) is 10.7. The highest BCUT2D eigenvalue weighted by atomic mass is 19.4. The minimum absolute atomic E-state index is 0.191. The molecule has 0 fully saturated rings. The van der Waals surface area contributed by atoms with Crippen molar-refractivity contribution in [2.24, 2.45) is 0 Å². The van der Waals surface area contributed by atoms with E-state index in [2.05, 4.69) is 0 Å². The predicted molar refractivity (Wildman–Crippen MR) is 68.6 cm³/mol. The van der Waals surface area contributed by atoms with Crippen molar-refractivity contribution in [3.05, 3.63) is 59.2 Å². The van der Waals surface area contributed by atoms with Gasteiger partial charge in [0.15, 0.2) is 0 Å². The molecule has 3 nitrogen and oxygen atoms in total. The molecule has 0 amide bonds. The highest BCUT2D eigenvalue weighted by Crippen LogP contribution is 2.32. The van der Waals surface area contributed by atoms with Crippen LogP contribution >= 0.6 is 0 Å². The molecule has 0 radical (unpaired) electrons. The maximum Gasteiger partial charge on any atom is 0.416 e. The van der Waals surface area contributed by atoms with Gasteiger partial charge in [-0.05, 0) is 42.0 Å². The van der Waals surface area contributed by atoms with Gasteiger partial charge in [-0.2, -0.15) is 18.4 Å². The van der Waals surface area contributed by atoms with E-state index in [4.69, 9.17) is 15.1 Å². The van der Waals surface area contributed by atoms with Gasteiger partial charge in [0.1, 0.15) is 17.6 Å². The topological polar surface area (TPSA) is 53.2 Å². The van der Waals surface area contributed by atoms with Crippen molar-refractivity contribution in [3.63, 3.8) is 0 Å². The molecule has 108 valence electrons. The van der Waals surface area contributed by atoms with Crippen molar-refractivity contribution in [2.75, 3.05) is 0 Å². The van der Waals surface area contributed by atoms with E-state index in [0.29, 0.717) is 5.56 Å². The van der Waals surface area contributed by atoms with Gasteiger partial charge in [0.05, 0.1) is 17.7 Å². The molecule has 0 aliphatic rings. The largest absolute Gasteiger partial charge is 0.456 e. The van der Waals surface area contributed by atoms with Crippen LogP contribution in [-0.4, -0.2) is 5.11 Å². The minimum atomic E-state index is -4.40. The van der Waals surface area contributed by atoms with Crippen molar-refractivity contribution in [1.29, 1.82) is 5.26 Å². The van der Waals surface area contributed by atoms with Gasteiger partial charge in [-0.1, -0.05) is 6.07 Å². The number of rotatable bonds is 3. The van der Waals surface area contributed by atoms with Crippen LogP contribution in [0.4, 0.5) is 13.2 Å². The van der Waals surface area contributed by atoms with Gasteiger partial charge in [-0.25, -0.2) is 0 Å². The van der Waals surface area contributed by atoms with Gasteiger partial charge in [-0.15, -0.1) is 0 Å². The second kappa shape index (κ2) is 5.85. The van der Waals surface area contributed by atoms with Crippen LogP contribution < -0.4 is 4.74 Å². The number of halogens is 3. The standard InChI is InChI=1S/C15H10F3NO2/c16-15(17,18)12-2-4-13(5-3-12)21-14-6-1-10(9-20)7-11(14)8-19/h1-7,20H,9H2. The monoisotopic (exact) mass is 293 g/mol. The first-order valence-corrected chi connectivity index (χ1v) is 5.93. The third kappa shape index (κ3) is 3.52. The molecular formula is C15H10F3NO2. The first-order valence-electron chi connectivity index (χ1n) is 5.93. The number of hydrogen-bond donors (Lipinski definition) is 1. The summed E-state index contributed by atoms with van der Waals surface area (Å²) in [5.74, 6) is 0.408. The normalized spacial score (nSPS) is 11.0. The summed E-state index contributed by atoms with van der Waals surface area (Å²) in [6.07, 6.45) is -4.40. The van der Waals surface area contributed by atoms with E-state index in [1.807, 2.05) is 6.07 Å². The molecule has 0 aliphatic carbocycles. The van der Waals surface area contributed by atoms with Crippen LogP contribution in [0, 0.1) is 11.3 Å². The molecule has 0 bridgehead atoms. The fourth-order valence-corrected chi connectivity index (χ4v) is 1.69. The lowest BCUT2D eigenvalue weighted by Crippen LogP contribution is -2.04. The van der Waals surface area contributed by atoms with Gasteiger partial charge in [-0.3, -0.25) is 0 Å². The summed E-state index contributed by atoms with van der Waals surface area (Å²) in [7, 11) is 0. The smallest absolute Gasteiger partial charge is 0.416 e. The lowest BCUT2D eigenvalue weighted by molar-refractivity contribution is -0.137. The summed E-state index contributed by atoms with van der Waals surface area (Å²) >= 11 is 0. The van der Waals surface area contributed by atoms with Gasteiger partial charge in [0.25, 0.3) is 0 Å². The molecule has 0 atom stereocenters. The molecule has 1 N–H and O–H groups in total. The predicted octanol–water partition coefficient (Wildman–Crippen LogP) is 3.86. The van der Waals surface area contributed by atoms with E-state index in [0.717, 1.165) is 12.1 Å². The second-order valence-corrected chi connectivity index (χ2v) is 4.22. The Labute approximate surface area is 118 Å². The Morgan fingerprint density at radius 2 is 1.76 bits per heavy atom. The van der Waals surface area contributed by atoms with Gasteiger partial charge in [0, 0.05) is 0 Å². The third-order valence-corrected chi connectivity index (χ3v) is 2.76. The number of benzene rings is 2. The highest BCUT2D eigenvalue weighted by molar-refractivity contribution is 5.47. The van der Waals surface area contributed by atoms with Crippen molar-refractivity contribution in [3.8, 4) is 17.6 Å². The Kier molecular flexibility index (Phi) is 4.15. The number of aliphatic hydroxyl groups excluding tert-OH is 1. The lowest BCUT2D eigenvalue weighted by Gasteiger charge is -2.10. The summed E-state index contributed by atoms with van der Waals surface area (Å²) in [4.78, 5) is 0. The minimum Gasteiger partial charge on any atom is -0.456 e. The molecule has 0 aromatic heterocycles. The lowest BCUT2D eigenvalue weighted by atomic mass is 10.1. The first-order chi connectivity index (χ1) is 9.94. The maximum absolute atomic E-state index is 12.4. The fourth-order valence-electron chi connectivity index (χ4n) is 1.69. The third-order valence-electron chi connectivity index (χ3n) is 2.76. The Hall–Kier alpha value is -2.52. The van der Waals surface area contributed by atoms with Crippen molar-refractivity contribution in [1.82, 2.24) is 0 Å². The molecule has 0 unspecified atom stereocenters. The van der Waals surface area contributed by atoms with Crippen LogP contribution in [0.2, 0.25) is 0 Å². The number of ether oxygens (including phenoxy) is 1. The van der Waals surface area contributed by atoms with Crippen LogP contribution in [0.5, 0.6) is 11.5 Å². The molecule has 2 aromatic rings. The number of hydrogen-bond acceptors (Lipinski definition) is 3. The molecule has 21 heavy (non-hydrogen) atoms. The van der Waals surface area contributed by atoms with Crippen LogP contribution in [0.3, 0.4) is 0 Å². The molecule has 0 saturated heterocycles. The van der Waals surface area contributed by atoms with E-state index in [1.54, 1.807) is 6.07 Å². The Morgan fingerprint density at radius 3 is 2.29 bits per heavy atom. The summed E-state index contributed by atoms with van der Waals surface area (Å²) in [6.45, 7) is -0.213. The Bertz CT molecular complexity index is 673. The van der Waals surface area contributed by atoms with Crippen LogP contribution in [0.1, 0.15) is 16.7 Å².